The Labute approximate surface area is 159 Å². The Bertz CT molecular complexity index is 1120. The smallest absolute Gasteiger partial charge is 0.332 e. The molecule has 1 amide bonds. The van der Waals surface area contributed by atoms with E-state index >= 15 is 0 Å². The molecule has 1 aromatic carbocycles. The van der Waals surface area contributed by atoms with Gasteiger partial charge >= 0.3 is 5.69 Å². The number of pyridine rings is 1. The molecule has 0 unspecified atom stereocenters. The molecule has 2 heterocycles. The van der Waals surface area contributed by atoms with Crippen LogP contribution in [0.25, 0.3) is 11.0 Å². The maximum Gasteiger partial charge on any atom is 0.332 e. The number of amides is 1. The van der Waals surface area contributed by atoms with E-state index in [4.69, 9.17) is 11.6 Å². The molecule has 0 fully saturated rings. The fourth-order valence-corrected chi connectivity index (χ4v) is 2.82. The molecule has 27 heavy (non-hydrogen) atoms. The van der Waals surface area contributed by atoms with Crippen molar-refractivity contribution in [2.24, 2.45) is 0 Å². The van der Waals surface area contributed by atoms with Gasteiger partial charge in [0, 0.05) is 17.8 Å². The van der Waals surface area contributed by atoms with Crippen molar-refractivity contribution in [1.29, 1.82) is 0 Å². The molecule has 7 nitrogen and oxygen atoms in total. The first kappa shape index (κ1) is 18.6. The van der Waals surface area contributed by atoms with Gasteiger partial charge in [0.2, 0.25) is 5.91 Å². The normalized spacial score (nSPS) is 10.7. The second-order valence-electron chi connectivity index (χ2n) is 5.85. The van der Waals surface area contributed by atoms with Gasteiger partial charge in [-0.3, -0.25) is 18.7 Å². The SMILES string of the molecule is C=CCNC(=O)Cn1c(=O)n(Cc2ccc(Cl)cc2)c(=O)c2ncccc21. The van der Waals surface area contributed by atoms with Crippen LogP contribution in [-0.2, 0) is 17.9 Å². The molecule has 0 bridgehead atoms. The van der Waals surface area contributed by atoms with Crippen LogP contribution >= 0.6 is 11.6 Å². The summed E-state index contributed by atoms with van der Waals surface area (Å²) in [6, 6.07) is 10.0. The highest BCUT2D eigenvalue weighted by atomic mass is 35.5. The number of nitrogens with one attached hydrogen (secondary N) is 1. The summed E-state index contributed by atoms with van der Waals surface area (Å²) in [5, 5.41) is 3.18. The monoisotopic (exact) mass is 384 g/mol. The molecule has 0 spiro atoms. The van der Waals surface area contributed by atoms with Crippen LogP contribution in [0.5, 0.6) is 0 Å². The van der Waals surface area contributed by atoms with Crippen LogP contribution in [0.3, 0.4) is 0 Å². The number of carbonyl (C=O) groups is 1. The Morgan fingerprint density at radius 3 is 2.63 bits per heavy atom. The van der Waals surface area contributed by atoms with Gasteiger partial charge in [0.25, 0.3) is 5.56 Å². The number of carbonyl (C=O) groups excluding carboxylic acids is 1. The van der Waals surface area contributed by atoms with Crippen LogP contribution in [0.15, 0.2) is 64.8 Å². The summed E-state index contributed by atoms with van der Waals surface area (Å²) in [5.41, 5.74) is 0.0882. The van der Waals surface area contributed by atoms with E-state index in [0.717, 1.165) is 10.1 Å². The Morgan fingerprint density at radius 1 is 1.19 bits per heavy atom. The molecule has 1 N–H and O–H groups in total. The Hall–Kier alpha value is -3.19. The highest BCUT2D eigenvalue weighted by molar-refractivity contribution is 6.30. The third kappa shape index (κ3) is 3.98. The molecule has 3 aromatic rings. The summed E-state index contributed by atoms with van der Waals surface area (Å²) in [4.78, 5) is 42.0. The van der Waals surface area contributed by atoms with E-state index in [9.17, 15) is 14.4 Å². The van der Waals surface area contributed by atoms with Crippen molar-refractivity contribution in [3.05, 3.63) is 86.7 Å². The lowest BCUT2D eigenvalue weighted by Crippen LogP contribution is -2.43. The van der Waals surface area contributed by atoms with Crippen molar-refractivity contribution in [3.8, 4) is 0 Å². The van der Waals surface area contributed by atoms with Crippen molar-refractivity contribution in [1.82, 2.24) is 19.4 Å². The summed E-state index contributed by atoms with van der Waals surface area (Å²) in [6.45, 7) is 3.65. The van der Waals surface area contributed by atoms with Gasteiger partial charge in [-0.05, 0) is 29.8 Å². The number of rotatable bonds is 6. The van der Waals surface area contributed by atoms with Crippen molar-refractivity contribution in [2.45, 2.75) is 13.1 Å². The number of benzene rings is 1. The first-order valence-corrected chi connectivity index (χ1v) is 8.59. The maximum atomic E-state index is 13.0. The van der Waals surface area contributed by atoms with Crippen molar-refractivity contribution in [3.63, 3.8) is 0 Å². The third-order valence-corrected chi connectivity index (χ3v) is 4.24. The zero-order valence-corrected chi connectivity index (χ0v) is 15.1. The predicted molar refractivity (Wildman–Crippen MR) is 104 cm³/mol. The van der Waals surface area contributed by atoms with Crippen LogP contribution < -0.4 is 16.6 Å². The molecule has 0 radical (unpaired) electrons. The van der Waals surface area contributed by atoms with Gasteiger partial charge in [0.15, 0.2) is 5.52 Å². The molecule has 0 aliphatic carbocycles. The molecule has 138 valence electrons. The van der Waals surface area contributed by atoms with Gasteiger partial charge in [-0.25, -0.2) is 9.78 Å². The topological polar surface area (TPSA) is 86.0 Å². The first-order valence-electron chi connectivity index (χ1n) is 8.21. The van der Waals surface area contributed by atoms with Crippen LogP contribution in [-0.4, -0.2) is 26.6 Å². The zero-order valence-electron chi connectivity index (χ0n) is 14.4. The molecular formula is C19H17ClN4O3. The zero-order chi connectivity index (χ0) is 19.4. The number of nitrogens with zero attached hydrogens (tertiary/aromatic N) is 3. The van der Waals surface area contributed by atoms with E-state index < -0.39 is 11.2 Å². The van der Waals surface area contributed by atoms with E-state index in [0.29, 0.717) is 10.5 Å². The lowest BCUT2D eigenvalue weighted by atomic mass is 10.2. The van der Waals surface area contributed by atoms with E-state index in [1.54, 1.807) is 42.5 Å². The molecule has 2 aromatic heterocycles. The molecule has 3 rings (SSSR count). The van der Waals surface area contributed by atoms with Crippen molar-refractivity contribution >= 4 is 28.5 Å². The number of aromatic nitrogens is 3. The minimum Gasteiger partial charge on any atom is -0.351 e. The summed E-state index contributed by atoms with van der Waals surface area (Å²) < 4.78 is 2.32. The molecule has 0 saturated heterocycles. The largest absolute Gasteiger partial charge is 0.351 e. The molecular weight excluding hydrogens is 368 g/mol. The van der Waals surface area contributed by atoms with Gasteiger partial charge < -0.3 is 5.32 Å². The van der Waals surface area contributed by atoms with Crippen LogP contribution in [0.4, 0.5) is 0 Å². The number of fused-ring (bicyclic) bond motifs is 1. The second-order valence-corrected chi connectivity index (χ2v) is 6.29. The van der Waals surface area contributed by atoms with Gasteiger partial charge in [-0.2, -0.15) is 0 Å². The average Bonchev–Trinajstić information content (AvgIpc) is 2.68. The van der Waals surface area contributed by atoms with Crippen molar-refractivity contribution < 1.29 is 4.79 Å². The second kappa shape index (κ2) is 8.01. The van der Waals surface area contributed by atoms with E-state index in [2.05, 4.69) is 16.9 Å². The molecule has 0 atom stereocenters. The molecule has 8 heteroatoms. The summed E-state index contributed by atoms with van der Waals surface area (Å²) in [5.74, 6) is -0.362. The van der Waals surface area contributed by atoms with Gasteiger partial charge in [-0.1, -0.05) is 29.8 Å². The maximum absolute atomic E-state index is 13.0. The van der Waals surface area contributed by atoms with E-state index in [-0.39, 0.29) is 31.1 Å². The van der Waals surface area contributed by atoms with Crippen LogP contribution in [0.1, 0.15) is 5.56 Å². The fourth-order valence-electron chi connectivity index (χ4n) is 2.69. The van der Waals surface area contributed by atoms with Crippen molar-refractivity contribution in [2.75, 3.05) is 6.54 Å². The minimum atomic E-state index is -0.579. The Morgan fingerprint density at radius 2 is 1.93 bits per heavy atom. The molecule has 0 aliphatic heterocycles. The van der Waals surface area contributed by atoms with E-state index in [1.807, 2.05) is 0 Å². The Balaban J connectivity index is 2.12. The average molecular weight is 385 g/mol. The molecule has 0 saturated carbocycles. The minimum absolute atomic E-state index is 0.0512. The number of hydrogen-bond acceptors (Lipinski definition) is 4. The first-order chi connectivity index (χ1) is 13.0. The number of hydrogen-bond donors (Lipinski definition) is 1. The third-order valence-electron chi connectivity index (χ3n) is 3.99. The summed E-state index contributed by atoms with van der Waals surface area (Å²) in [7, 11) is 0. The van der Waals surface area contributed by atoms with Crippen LogP contribution in [0, 0.1) is 0 Å². The number of halogens is 1. The highest BCUT2D eigenvalue weighted by Gasteiger charge is 2.16. The van der Waals surface area contributed by atoms with Crippen LogP contribution in [0.2, 0.25) is 5.02 Å². The van der Waals surface area contributed by atoms with Gasteiger partial charge in [0.1, 0.15) is 6.54 Å². The quantitative estimate of drug-likeness (QED) is 0.653. The summed E-state index contributed by atoms with van der Waals surface area (Å²) in [6.07, 6.45) is 3.02. The summed E-state index contributed by atoms with van der Waals surface area (Å²) >= 11 is 5.88. The Kier molecular flexibility index (Phi) is 5.52. The standard InChI is InChI=1S/C19H17ClN4O3/c1-2-9-21-16(25)12-23-15-4-3-10-22-17(15)18(26)24(19(23)27)11-13-5-7-14(20)8-6-13/h2-8,10H,1,9,11-12H2,(H,21,25). The van der Waals surface area contributed by atoms with E-state index in [1.165, 1.54) is 10.8 Å². The molecule has 0 aliphatic rings. The highest BCUT2D eigenvalue weighted by Crippen LogP contribution is 2.10. The van der Waals surface area contributed by atoms with Gasteiger partial charge in [0.05, 0.1) is 12.1 Å². The lowest BCUT2D eigenvalue weighted by Gasteiger charge is -2.13. The fraction of sp³-hybridized carbons (Fsp3) is 0.158. The predicted octanol–water partition coefficient (Wildman–Crippen LogP) is 1.56. The van der Waals surface area contributed by atoms with Gasteiger partial charge in [-0.15, -0.1) is 6.58 Å². The lowest BCUT2D eigenvalue weighted by molar-refractivity contribution is -0.121.